The van der Waals surface area contributed by atoms with Crippen LogP contribution in [0.5, 0.6) is 11.5 Å². The molecule has 2 N–H and O–H groups in total. The number of ether oxygens (including phenoxy) is 2. The Bertz CT molecular complexity index is 905. The van der Waals surface area contributed by atoms with Gasteiger partial charge in [0.2, 0.25) is 17.6 Å². The van der Waals surface area contributed by atoms with E-state index < -0.39 is 11.9 Å². The van der Waals surface area contributed by atoms with E-state index in [1.165, 1.54) is 31.3 Å². The largest absolute Gasteiger partial charge is 0.493 e. The van der Waals surface area contributed by atoms with Gasteiger partial charge in [-0.05, 0) is 24.3 Å². The molecule has 9 heteroatoms. The molecule has 1 fully saturated rings. The SMILES string of the molecule is COc1ccc(N2C[C@H](C(=O)NCc3ccc(C(=O)O)o3)CC2=O)cc1OC. The van der Waals surface area contributed by atoms with Gasteiger partial charge in [-0.25, -0.2) is 4.79 Å². The number of carbonyl (C=O) groups excluding carboxylic acids is 2. The average molecular weight is 388 g/mol. The second kappa shape index (κ2) is 8.03. The number of carboxylic acid groups (broad SMARTS) is 1. The first-order valence-corrected chi connectivity index (χ1v) is 8.55. The van der Waals surface area contributed by atoms with Crippen LogP contribution in [-0.4, -0.2) is 43.7 Å². The summed E-state index contributed by atoms with van der Waals surface area (Å²) in [6.45, 7) is 0.284. The van der Waals surface area contributed by atoms with Crippen LogP contribution in [0.2, 0.25) is 0 Å². The summed E-state index contributed by atoms with van der Waals surface area (Å²) in [5.41, 5.74) is 0.620. The average Bonchev–Trinajstić information content (AvgIpc) is 3.32. The molecule has 0 spiro atoms. The van der Waals surface area contributed by atoms with Crippen LogP contribution in [0.1, 0.15) is 22.7 Å². The highest BCUT2D eigenvalue weighted by molar-refractivity contribution is 6.00. The number of carboxylic acids is 1. The zero-order valence-electron chi connectivity index (χ0n) is 15.4. The number of hydrogen-bond donors (Lipinski definition) is 2. The molecule has 0 bridgehead atoms. The highest BCUT2D eigenvalue weighted by atomic mass is 16.5. The standard InChI is InChI=1S/C19H20N2O7/c1-26-14-5-3-12(8-16(14)27-2)21-10-11(7-17(21)22)18(23)20-9-13-4-6-15(28-13)19(24)25/h3-6,8,11H,7,9-10H2,1-2H3,(H,20,23)(H,24,25)/t11-/m1/s1. The molecule has 1 atom stereocenters. The third-order valence-electron chi connectivity index (χ3n) is 4.48. The Morgan fingerprint density at radius 3 is 2.61 bits per heavy atom. The number of furan rings is 1. The summed E-state index contributed by atoms with van der Waals surface area (Å²) in [4.78, 5) is 37.1. The molecule has 2 heterocycles. The number of methoxy groups -OCH3 is 2. The van der Waals surface area contributed by atoms with Crippen molar-refractivity contribution in [1.29, 1.82) is 0 Å². The minimum absolute atomic E-state index is 0.0488. The third-order valence-corrected chi connectivity index (χ3v) is 4.48. The molecule has 1 aliphatic rings. The lowest BCUT2D eigenvalue weighted by Gasteiger charge is -2.18. The zero-order valence-corrected chi connectivity index (χ0v) is 15.4. The number of benzene rings is 1. The summed E-state index contributed by atoms with van der Waals surface area (Å²) in [6.07, 6.45) is 0.0821. The summed E-state index contributed by atoms with van der Waals surface area (Å²) >= 11 is 0. The van der Waals surface area contributed by atoms with Gasteiger partial charge in [0.1, 0.15) is 5.76 Å². The lowest BCUT2D eigenvalue weighted by molar-refractivity contribution is -0.126. The van der Waals surface area contributed by atoms with E-state index in [2.05, 4.69) is 5.32 Å². The predicted molar refractivity (Wildman–Crippen MR) is 97.5 cm³/mol. The van der Waals surface area contributed by atoms with E-state index >= 15 is 0 Å². The molecule has 0 aliphatic carbocycles. The Hall–Kier alpha value is -3.49. The second-order valence-corrected chi connectivity index (χ2v) is 6.23. The second-order valence-electron chi connectivity index (χ2n) is 6.23. The summed E-state index contributed by atoms with van der Waals surface area (Å²) in [7, 11) is 3.03. The van der Waals surface area contributed by atoms with Crippen molar-refractivity contribution >= 4 is 23.5 Å². The first-order valence-electron chi connectivity index (χ1n) is 8.55. The number of aromatic carboxylic acids is 1. The number of anilines is 1. The molecule has 1 aromatic heterocycles. The molecule has 3 rings (SSSR count). The van der Waals surface area contributed by atoms with Crippen LogP contribution in [0.3, 0.4) is 0 Å². The van der Waals surface area contributed by atoms with Gasteiger partial charge >= 0.3 is 5.97 Å². The molecule has 2 aromatic rings. The van der Waals surface area contributed by atoms with E-state index in [1.807, 2.05) is 0 Å². The van der Waals surface area contributed by atoms with Gasteiger partial charge in [-0.2, -0.15) is 0 Å². The van der Waals surface area contributed by atoms with Gasteiger partial charge in [0.15, 0.2) is 11.5 Å². The van der Waals surface area contributed by atoms with Crippen LogP contribution in [0, 0.1) is 5.92 Å². The van der Waals surface area contributed by atoms with E-state index in [-0.39, 0.29) is 37.1 Å². The Kier molecular flexibility index (Phi) is 5.53. The fourth-order valence-corrected chi connectivity index (χ4v) is 3.03. The maximum absolute atomic E-state index is 12.4. The van der Waals surface area contributed by atoms with Gasteiger partial charge in [0.05, 0.1) is 26.7 Å². The number of hydrogen-bond acceptors (Lipinski definition) is 6. The molecule has 0 unspecified atom stereocenters. The molecule has 1 saturated heterocycles. The fraction of sp³-hybridized carbons (Fsp3) is 0.316. The summed E-state index contributed by atoms with van der Waals surface area (Å²) in [5.74, 6) is -0.993. The Balaban J connectivity index is 1.63. The minimum Gasteiger partial charge on any atom is -0.493 e. The van der Waals surface area contributed by atoms with E-state index in [1.54, 1.807) is 18.2 Å². The van der Waals surface area contributed by atoms with Crippen molar-refractivity contribution < 1.29 is 33.4 Å². The molecule has 28 heavy (non-hydrogen) atoms. The van der Waals surface area contributed by atoms with Gasteiger partial charge < -0.3 is 29.2 Å². The maximum Gasteiger partial charge on any atom is 0.371 e. The lowest BCUT2D eigenvalue weighted by atomic mass is 10.1. The monoisotopic (exact) mass is 388 g/mol. The highest BCUT2D eigenvalue weighted by Gasteiger charge is 2.35. The van der Waals surface area contributed by atoms with Crippen molar-refractivity contribution in [3.05, 3.63) is 41.9 Å². The summed E-state index contributed by atoms with van der Waals surface area (Å²) in [6, 6.07) is 7.93. The van der Waals surface area contributed by atoms with Crippen molar-refractivity contribution in [3.8, 4) is 11.5 Å². The summed E-state index contributed by atoms with van der Waals surface area (Å²) in [5, 5.41) is 11.5. The highest BCUT2D eigenvalue weighted by Crippen LogP contribution is 2.34. The molecular weight excluding hydrogens is 368 g/mol. The van der Waals surface area contributed by atoms with Gasteiger partial charge in [-0.3, -0.25) is 9.59 Å². The number of nitrogens with zero attached hydrogens (tertiary/aromatic N) is 1. The smallest absolute Gasteiger partial charge is 0.371 e. The van der Waals surface area contributed by atoms with E-state index in [9.17, 15) is 14.4 Å². The van der Waals surface area contributed by atoms with Crippen LogP contribution < -0.4 is 19.7 Å². The van der Waals surface area contributed by atoms with E-state index in [0.29, 0.717) is 22.9 Å². The van der Waals surface area contributed by atoms with Crippen LogP contribution in [0.15, 0.2) is 34.7 Å². The number of rotatable bonds is 7. The van der Waals surface area contributed by atoms with Crippen molar-refractivity contribution in [2.24, 2.45) is 5.92 Å². The number of amides is 2. The molecule has 9 nitrogen and oxygen atoms in total. The number of carbonyl (C=O) groups is 3. The molecule has 0 saturated carbocycles. The van der Waals surface area contributed by atoms with Gasteiger partial charge in [0.25, 0.3) is 0 Å². The number of nitrogens with one attached hydrogen (secondary N) is 1. The van der Waals surface area contributed by atoms with Crippen LogP contribution in [-0.2, 0) is 16.1 Å². The van der Waals surface area contributed by atoms with Crippen molar-refractivity contribution in [2.45, 2.75) is 13.0 Å². The van der Waals surface area contributed by atoms with Gasteiger partial charge in [-0.15, -0.1) is 0 Å². The van der Waals surface area contributed by atoms with Crippen LogP contribution in [0.25, 0.3) is 0 Å². The van der Waals surface area contributed by atoms with E-state index in [0.717, 1.165) is 0 Å². The topological polar surface area (TPSA) is 118 Å². The third kappa shape index (κ3) is 3.93. The molecular formula is C19H20N2O7. The molecule has 0 radical (unpaired) electrons. The van der Waals surface area contributed by atoms with Gasteiger partial charge in [-0.1, -0.05) is 0 Å². The summed E-state index contributed by atoms with van der Waals surface area (Å²) < 4.78 is 15.5. The zero-order chi connectivity index (χ0) is 20.3. The minimum atomic E-state index is -1.18. The molecule has 1 aromatic carbocycles. The van der Waals surface area contributed by atoms with Crippen molar-refractivity contribution in [1.82, 2.24) is 5.32 Å². The Morgan fingerprint density at radius 2 is 1.96 bits per heavy atom. The van der Waals surface area contributed by atoms with Gasteiger partial charge in [0, 0.05) is 24.7 Å². The fourth-order valence-electron chi connectivity index (χ4n) is 3.03. The van der Waals surface area contributed by atoms with Crippen LogP contribution >= 0.6 is 0 Å². The Morgan fingerprint density at radius 1 is 1.21 bits per heavy atom. The first kappa shape index (κ1) is 19.3. The lowest BCUT2D eigenvalue weighted by Crippen LogP contribution is -2.32. The Labute approximate surface area is 160 Å². The molecule has 1 aliphatic heterocycles. The maximum atomic E-state index is 12.4. The van der Waals surface area contributed by atoms with Crippen LogP contribution in [0.4, 0.5) is 5.69 Å². The van der Waals surface area contributed by atoms with E-state index in [4.69, 9.17) is 19.0 Å². The molecule has 2 amide bonds. The molecule has 148 valence electrons. The predicted octanol–water partition coefficient (Wildman–Crippen LogP) is 1.66. The first-order chi connectivity index (χ1) is 13.4. The normalized spacial score (nSPS) is 16.1. The van der Waals surface area contributed by atoms with Crippen molar-refractivity contribution in [3.63, 3.8) is 0 Å². The quantitative estimate of drug-likeness (QED) is 0.740. The van der Waals surface area contributed by atoms with Crippen molar-refractivity contribution in [2.75, 3.05) is 25.7 Å².